The average Bonchev–Trinajstić information content (AvgIpc) is 2.68. The molecule has 168 valence electrons. The van der Waals surface area contributed by atoms with Crippen molar-refractivity contribution < 1.29 is 24.2 Å². The number of nitrogens with one attached hydrogen (secondary N) is 1. The van der Waals surface area contributed by atoms with Crippen molar-refractivity contribution in [3.05, 3.63) is 0 Å². The summed E-state index contributed by atoms with van der Waals surface area (Å²) < 4.78 is 17.3. The van der Waals surface area contributed by atoms with E-state index in [-0.39, 0.29) is 18.2 Å². The maximum atomic E-state index is 10.2. The van der Waals surface area contributed by atoms with Gasteiger partial charge in [0.05, 0.1) is 31.5 Å². The van der Waals surface area contributed by atoms with E-state index in [0.29, 0.717) is 32.2 Å². The van der Waals surface area contributed by atoms with E-state index in [4.69, 9.17) is 19.0 Å². The maximum Gasteiger partial charge on any atom is 0.144 e. The number of aliphatic hydroxyl groups excluding tert-OH is 1. The summed E-state index contributed by atoms with van der Waals surface area (Å²) in [7, 11) is 0. The number of hydrogen-bond acceptors (Lipinski definition) is 8. The van der Waals surface area contributed by atoms with E-state index < -0.39 is 11.7 Å². The molecule has 2 N–H and O–H groups in total. The highest BCUT2D eigenvalue weighted by Crippen LogP contribution is 2.50. The van der Waals surface area contributed by atoms with Crippen LogP contribution < -0.4 is 5.32 Å². The third-order valence-corrected chi connectivity index (χ3v) is 6.39. The number of ether oxygens (including phenoxy) is 3. The van der Waals surface area contributed by atoms with E-state index in [2.05, 4.69) is 36.1 Å². The molecule has 4 atom stereocenters. The minimum absolute atomic E-state index is 0.158. The van der Waals surface area contributed by atoms with Crippen LogP contribution in [-0.2, 0) is 19.0 Å². The van der Waals surface area contributed by atoms with E-state index >= 15 is 0 Å². The van der Waals surface area contributed by atoms with Gasteiger partial charge in [-0.25, -0.2) is 0 Å². The van der Waals surface area contributed by atoms with Gasteiger partial charge in [0.25, 0.3) is 0 Å². The third-order valence-electron chi connectivity index (χ3n) is 6.39. The van der Waals surface area contributed by atoms with Crippen molar-refractivity contribution in [2.75, 3.05) is 59.2 Å². The monoisotopic (exact) mass is 413 g/mol. The molecule has 2 bridgehead atoms. The van der Waals surface area contributed by atoms with Gasteiger partial charge in [0, 0.05) is 38.7 Å². The summed E-state index contributed by atoms with van der Waals surface area (Å²) >= 11 is 0. The van der Waals surface area contributed by atoms with Gasteiger partial charge in [-0.2, -0.15) is 0 Å². The normalized spacial score (nSPS) is 34.4. The fourth-order valence-corrected chi connectivity index (χ4v) is 4.95. The van der Waals surface area contributed by atoms with Crippen LogP contribution in [0.1, 0.15) is 40.5 Å². The number of nitrogens with zero attached hydrogens (tertiary/aromatic N) is 2. The lowest BCUT2D eigenvalue weighted by molar-refractivity contribution is -0.199. The van der Waals surface area contributed by atoms with Gasteiger partial charge in [-0.1, -0.05) is 5.16 Å². The topological polar surface area (TPSA) is 84.8 Å². The predicted octanol–water partition coefficient (Wildman–Crippen LogP) is 1.02. The van der Waals surface area contributed by atoms with E-state index in [0.717, 1.165) is 44.9 Å². The zero-order valence-corrected chi connectivity index (χ0v) is 18.5. The van der Waals surface area contributed by atoms with Crippen molar-refractivity contribution in [2.24, 2.45) is 11.1 Å². The number of oxime groups is 1. The molecule has 0 aromatic carbocycles. The average molecular weight is 414 g/mol. The second-order valence-corrected chi connectivity index (χ2v) is 9.00. The Balaban J connectivity index is 1.62. The summed E-state index contributed by atoms with van der Waals surface area (Å²) in [5.41, 5.74) is 0.340. The van der Waals surface area contributed by atoms with Gasteiger partial charge in [-0.05, 0) is 40.5 Å². The van der Waals surface area contributed by atoms with Gasteiger partial charge in [0.15, 0.2) is 0 Å². The Kier molecular flexibility index (Phi) is 7.92. The standard InChI is InChI=1S/C21H39N3O5/c1-5-26-11-8-22-14-16(25)15-28-23-19-18(24-9-12-27-13-10-24)17-6-7-21(19,4)29-20(17,2)3/h16-18,22,25H,5-15H2,1-4H3/b23-19-/t16?,17-,18+,21+/m1/s1. The lowest BCUT2D eigenvalue weighted by Crippen LogP contribution is -2.71. The molecule has 3 heterocycles. The van der Waals surface area contributed by atoms with Crippen LogP contribution in [0, 0.1) is 5.92 Å². The van der Waals surface area contributed by atoms with Crippen molar-refractivity contribution >= 4 is 5.71 Å². The second kappa shape index (κ2) is 10.0. The summed E-state index contributed by atoms with van der Waals surface area (Å²) in [5.74, 6) is 0.370. The molecule has 4 fully saturated rings. The van der Waals surface area contributed by atoms with Gasteiger partial charge in [-0.15, -0.1) is 0 Å². The number of aliphatic hydroxyl groups is 1. The van der Waals surface area contributed by atoms with Gasteiger partial charge < -0.3 is 29.5 Å². The molecule has 0 amide bonds. The minimum Gasteiger partial charge on any atom is -0.393 e. The number of rotatable bonds is 10. The van der Waals surface area contributed by atoms with Crippen LogP contribution in [0.25, 0.3) is 0 Å². The summed E-state index contributed by atoms with van der Waals surface area (Å²) in [5, 5.41) is 17.9. The first-order valence-corrected chi connectivity index (χ1v) is 11.1. The van der Waals surface area contributed by atoms with Gasteiger partial charge >= 0.3 is 0 Å². The minimum atomic E-state index is -0.617. The van der Waals surface area contributed by atoms with Crippen LogP contribution in [0.4, 0.5) is 0 Å². The summed E-state index contributed by atoms with van der Waals surface area (Å²) in [4.78, 5) is 8.12. The molecule has 0 aromatic rings. The molecule has 1 aliphatic carbocycles. The molecule has 4 aliphatic rings. The maximum absolute atomic E-state index is 10.2. The van der Waals surface area contributed by atoms with Crippen LogP contribution >= 0.6 is 0 Å². The second-order valence-electron chi connectivity index (χ2n) is 9.00. The summed E-state index contributed by atoms with van der Waals surface area (Å²) in [6.45, 7) is 14.5. The van der Waals surface area contributed by atoms with Crippen LogP contribution in [0.2, 0.25) is 0 Å². The predicted molar refractivity (Wildman–Crippen MR) is 111 cm³/mol. The molecule has 8 nitrogen and oxygen atoms in total. The molecule has 0 spiro atoms. The Morgan fingerprint density at radius 2 is 2.07 bits per heavy atom. The van der Waals surface area contributed by atoms with E-state index in [1.54, 1.807) is 0 Å². The van der Waals surface area contributed by atoms with Crippen molar-refractivity contribution in [3.63, 3.8) is 0 Å². The highest BCUT2D eigenvalue weighted by atomic mass is 16.6. The van der Waals surface area contributed by atoms with Gasteiger partial charge in [-0.3, -0.25) is 4.90 Å². The summed E-state index contributed by atoms with van der Waals surface area (Å²) in [6.07, 6.45) is 1.46. The van der Waals surface area contributed by atoms with Crippen molar-refractivity contribution in [1.29, 1.82) is 0 Å². The van der Waals surface area contributed by atoms with E-state index in [1.165, 1.54) is 0 Å². The first-order chi connectivity index (χ1) is 13.9. The fourth-order valence-electron chi connectivity index (χ4n) is 4.95. The molecule has 1 unspecified atom stereocenters. The van der Waals surface area contributed by atoms with Crippen LogP contribution in [0.3, 0.4) is 0 Å². The lowest BCUT2D eigenvalue weighted by atomic mass is 9.64. The third kappa shape index (κ3) is 5.48. The SMILES string of the molecule is CCOCCNCC(O)CO/N=C1/[C@@H](N2CCOCC2)[C@H]2CC[C@]1(C)OC2(C)C. The Bertz CT molecular complexity index is 552. The van der Waals surface area contributed by atoms with E-state index in [9.17, 15) is 5.11 Å². The van der Waals surface area contributed by atoms with Crippen LogP contribution in [0.5, 0.6) is 0 Å². The Hall–Kier alpha value is -0.770. The largest absolute Gasteiger partial charge is 0.393 e. The van der Waals surface area contributed by atoms with Crippen LogP contribution in [-0.4, -0.2) is 98.3 Å². The quantitative estimate of drug-likeness (QED) is 0.409. The highest BCUT2D eigenvalue weighted by Gasteiger charge is 2.59. The van der Waals surface area contributed by atoms with Crippen molar-refractivity contribution in [3.8, 4) is 0 Å². The Morgan fingerprint density at radius 1 is 1.31 bits per heavy atom. The molecule has 3 aliphatic heterocycles. The lowest BCUT2D eigenvalue weighted by Gasteiger charge is -2.59. The smallest absolute Gasteiger partial charge is 0.144 e. The molecule has 4 rings (SSSR count). The molecule has 3 saturated heterocycles. The zero-order valence-electron chi connectivity index (χ0n) is 18.5. The summed E-state index contributed by atoms with van der Waals surface area (Å²) in [6, 6.07) is 0.197. The molecular weight excluding hydrogens is 374 g/mol. The van der Waals surface area contributed by atoms with E-state index in [1.807, 2.05) is 6.92 Å². The number of hydrogen-bond donors (Lipinski definition) is 2. The molecule has 8 heteroatoms. The molecule has 29 heavy (non-hydrogen) atoms. The van der Waals surface area contributed by atoms with Gasteiger partial charge in [0.1, 0.15) is 24.0 Å². The van der Waals surface area contributed by atoms with Crippen molar-refractivity contribution in [1.82, 2.24) is 10.2 Å². The molecule has 1 saturated carbocycles. The van der Waals surface area contributed by atoms with Crippen LogP contribution in [0.15, 0.2) is 5.16 Å². The fraction of sp³-hybridized carbons (Fsp3) is 0.952. The highest BCUT2D eigenvalue weighted by molar-refractivity contribution is 5.98. The molecule has 0 aromatic heterocycles. The number of fused-ring (bicyclic) bond motifs is 3. The Morgan fingerprint density at radius 3 is 2.76 bits per heavy atom. The number of morpholine rings is 1. The first-order valence-electron chi connectivity index (χ1n) is 11.1. The molecule has 0 radical (unpaired) electrons. The zero-order chi connectivity index (χ0) is 20.9. The molecular formula is C21H39N3O5. The van der Waals surface area contributed by atoms with Crippen molar-refractivity contribution in [2.45, 2.75) is 63.9 Å². The van der Waals surface area contributed by atoms with Gasteiger partial charge in [0.2, 0.25) is 0 Å². The first kappa shape index (κ1) is 22.9. The Labute approximate surface area is 174 Å².